The van der Waals surface area contributed by atoms with Crippen LogP contribution in [-0.4, -0.2) is 30.2 Å². The minimum Gasteiger partial charge on any atom is -0.496 e. The van der Waals surface area contributed by atoms with Gasteiger partial charge in [-0.3, -0.25) is 4.79 Å². The zero-order valence-corrected chi connectivity index (χ0v) is 18.6. The predicted molar refractivity (Wildman–Crippen MR) is 109 cm³/mol. The summed E-state index contributed by atoms with van der Waals surface area (Å²) in [6, 6.07) is 3.63. The van der Waals surface area contributed by atoms with Crippen LogP contribution in [0.5, 0.6) is 11.5 Å². The van der Waals surface area contributed by atoms with Gasteiger partial charge in [-0.1, -0.05) is 27.5 Å². The predicted octanol–water partition coefficient (Wildman–Crippen LogP) is 4.49. The van der Waals surface area contributed by atoms with Gasteiger partial charge in [0.05, 0.1) is 32.1 Å². The lowest BCUT2D eigenvalue weighted by Crippen LogP contribution is -2.36. The molecule has 28 heavy (non-hydrogen) atoms. The summed E-state index contributed by atoms with van der Waals surface area (Å²) in [6.07, 6.45) is 1.43. The summed E-state index contributed by atoms with van der Waals surface area (Å²) < 4.78 is 30.6. The zero-order valence-electron chi connectivity index (χ0n) is 16.2. The number of hydrogen-bond acceptors (Lipinski definition) is 5. The van der Waals surface area contributed by atoms with Gasteiger partial charge < -0.3 is 14.2 Å². The van der Waals surface area contributed by atoms with Crippen molar-refractivity contribution in [3.05, 3.63) is 49.3 Å². The van der Waals surface area contributed by atoms with Crippen LogP contribution < -0.4 is 15.0 Å². The van der Waals surface area contributed by atoms with Gasteiger partial charge in [0.15, 0.2) is 10.8 Å². The molecule has 0 aliphatic rings. The molecule has 0 bridgehead atoms. The van der Waals surface area contributed by atoms with Crippen molar-refractivity contribution in [2.75, 3.05) is 20.4 Å². The van der Waals surface area contributed by atoms with Crippen LogP contribution in [0.15, 0.2) is 27.6 Å². The summed E-state index contributed by atoms with van der Waals surface area (Å²) >= 11 is 9.65. The molecule has 0 radical (unpaired) electrons. The van der Waals surface area contributed by atoms with E-state index in [0.29, 0.717) is 5.75 Å². The number of methoxy groups -OCH3 is 1. The van der Waals surface area contributed by atoms with E-state index in [1.54, 1.807) is 6.07 Å². The maximum absolute atomic E-state index is 12.4. The SMILES string of the molecule is COc1cc(COc2cnn(C(C)(C)C)c(=O)c2Cl)cc(Br)c1COCCF. The lowest BCUT2D eigenvalue weighted by molar-refractivity contribution is 0.104. The fourth-order valence-corrected chi connectivity index (χ4v) is 3.24. The molecule has 0 saturated carbocycles. The standard InChI is InChI=1S/C19H23BrClFN2O4/c1-19(2,3)24-18(25)17(21)16(9-23-24)28-10-12-7-14(20)13(11-27-6-5-22)15(8-12)26-4/h7-9H,5-6,10-11H2,1-4H3. The van der Waals surface area contributed by atoms with Crippen molar-refractivity contribution < 1.29 is 18.6 Å². The van der Waals surface area contributed by atoms with E-state index in [0.717, 1.165) is 15.6 Å². The molecule has 0 amide bonds. The van der Waals surface area contributed by atoms with E-state index in [1.807, 2.05) is 26.8 Å². The quantitative estimate of drug-likeness (QED) is 0.524. The fraction of sp³-hybridized carbons (Fsp3) is 0.474. The summed E-state index contributed by atoms with van der Waals surface area (Å²) in [6.45, 7) is 5.43. The lowest BCUT2D eigenvalue weighted by atomic mass is 10.1. The molecule has 1 heterocycles. The Balaban J connectivity index is 2.20. The van der Waals surface area contributed by atoms with Gasteiger partial charge in [-0.15, -0.1) is 0 Å². The highest BCUT2D eigenvalue weighted by Gasteiger charge is 2.20. The number of halogens is 3. The van der Waals surface area contributed by atoms with Crippen LogP contribution in [0.4, 0.5) is 4.39 Å². The normalized spacial score (nSPS) is 11.5. The molecule has 2 aromatic rings. The third-order valence-electron chi connectivity index (χ3n) is 3.82. The molecule has 0 aliphatic heterocycles. The number of benzene rings is 1. The van der Waals surface area contributed by atoms with E-state index in [2.05, 4.69) is 21.0 Å². The van der Waals surface area contributed by atoms with Gasteiger partial charge in [0, 0.05) is 10.0 Å². The highest BCUT2D eigenvalue weighted by atomic mass is 79.9. The van der Waals surface area contributed by atoms with Crippen LogP contribution in [0, 0.1) is 0 Å². The topological polar surface area (TPSA) is 62.6 Å². The monoisotopic (exact) mass is 476 g/mol. The van der Waals surface area contributed by atoms with Crippen LogP contribution in [0.1, 0.15) is 31.9 Å². The van der Waals surface area contributed by atoms with Crippen molar-refractivity contribution in [2.45, 2.75) is 39.5 Å². The average molecular weight is 478 g/mol. The number of hydrogen-bond donors (Lipinski definition) is 0. The van der Waals surface area contributed by atoms with E-state index >= 15 is 0 Å². The van der Waals surface area contributed by atoms with E-state index < -0.39 is 17.8 Å². The van der Waals surface area contributed by atoms with Gasteiger partial charge in [0.25, 0.3) is 5.56 Å². The Morgan fingerprint density at radius 2 is 1.96 bits per heavy atom. The third kappa shape index (κ3) is 5.46. The Labute approximate surface area is 176 Å². The highest BCUT2D eigenvalue weighted by molar-refractivity contribution is 9.10. The first kappa shape index (κ1) is 22.6. The molecule has 0 saturated heterocycles. The van der Waals surface area contributed by atoms with Gasteiger partial charge in [0.2, 0.25) is 0 Å². The second-order valence-corrected chi connectivity index (χ2v) is 8.23. The van der Waals surface area contributed by atoms with Gasteiger partial charge in [0.1, 0.15) is 19.0 Å². The minimum atomic E-state index is -0.547. The molecular formula is C19H23BrClFN2O4. The molecule has 0 unspecified atom stereocenters. The number of ether oxygens (including phenoxy) is 3. The summed E-state index contributed by atoms with van der Waals surface area (Å²) in [5, 5.41) is 4.12. The first-order valence-corrected chi connectivity index (χ1v) is 9.76. The summed E-state index contributed by atoms with van der Waals surface area (Å²) in [5.74, 6) is 0.789. The lowest BCUT2D eigenvalue weighted by Gasteiger charge is -2.21. The number of rotatable bonds is 8. The van der Waals surface area contributed by atoms with Gasteiger partial charge in [-0.2, -0.15) is 5.10 Å². The van der Waals surface area contributed by atoms with E-state index in [-0.39, 0.29) is 30.6 Å². The van der Waals surface area contributed by atoms with Crippen LogP contribution >= 0.6 is 27.5 Å². The van der Waals surface area contributed by atoms with Crippen molar-refractivity contribution in [2.24, 2.45) is 0 Å². The molecule has 6 nitrogen and oxygen atoms in total. The van der Waals surface area contributed by atoms with Crippen LogP contribution in [0.25, 0.3) is 0 Å². The molecule has 0 atom stereocenters. The molecule has 0 aliphatic carbocycles. The van der Waals surface area contributed by atoms with Crippen molar-refractivity contribution in [1.82, 2.24) is 9.78 Å². The third-order valence-corrected chi connectivity index (χ3v) is 4.87. The van der Waals surface area contributed by atoms with Crippen molar-refractivity contribution in [1.29, 1.82) is 0 Å². The number of aromatic nitrogens is 2. The molecule has 0 fully saturated rings. The second-order valence-electron chi connectivity index (χ2n) is 7.00. The largest absolute Gasteiger partial charge is 0.496 e. The fourth-order valence-electron chi connectivity index (χ4n) is 2.46. The Bertz CT molecular complexity index is 883. The smallest absolute Gasteiger partial charge is 0.289 e. The number of alkyl halides is 1. The maximum Gasteiger partial charge on any atom is 0.289 e. The highest BCUT2D eigenvalue weighted by Crippen LogP contribution is 2.31. The van der Waals surface area contributed by atoms with E-state index in [1.165, 1.54) is 18.0 Å². The molecule has 0 N–H and O–H groups in total. The Hall–Kier alpha value is -1.64. The maximum atomic E-state index is 12.4. The zero-order chi connectivity index (χ0) is 20.9. The average Bonchev–Trinajstić information content (AvgIpc) is 2.63. The van der Waals surface area contributed by atoms with Gasteiger partial charge >= 0.3 is 0 Å². The first-order valence-electron chi connectivity index (χ1n) is 8.59. The molecule has 154 valence electrons. The van der Waals surface area contributed by atoms with Crippen LogP contribution in [0.2, 0.25) is 5.02 Å². The molecule has 1 aromatic carbocycles. The summed E-state index contributed by atoms with van der Waals surface area (Å²) in [5.41, 5.74) is 0.657. The summed E-state index contributed by atoms with van der Waals surface area (Å²) in [7, 11) is 1.54. The first-order chi connectivity index (χ1) is 13.2. The Morgan fingerprint density at radius 1 is 1.25 bits per heavy atom. The van der Waals surface area contributed by atoms with Crippen molar-refractivity contribution in [3.8, 4) is 11.5 Å². The minimum absolute atomic E-state index is 0.0199. The van der Waals surface area contributed by atoms with Gasteiger partial charge in [-0.05, 0) is 38.5 Å². The summed E-state index contributed by atoms with van der Waals surface area (Å²) in [4.78, 5) is 12.4. The van der Waals surface area contributed by atoms with Crippen LogP contribution in [0.3, 0.4) is 0 Å². The van der Waals surface area contributed by atoms with Crippen molar-refractivity contribution in [3.63, 3.8) is 0 Å². The molecular weight excluding hydrogens is 455 g/mol. The van der Waals surface area contributed by atoms with E-state index in [9.17, 15) is 9.18 Å². The number of nitrogens with zero attached hydrogens (tertiary/aromatic N) is 2. The van der Waals surface area contributed by atoms with Gasteiger partial charge in [-0.25, -0.2) is 9.07 Å². The van der Waals surface area contributed by atoms with Crippen LogP contribution in [-0.2, 0) is 23.5 Å². The molecule has 2 rings (SSSR count). The molecule has 0 spiro atoms. The Morgan fingerprint density at radius 3 is 2.57 bits per heavy atom. The van der Waals surface area contributed by atoms with Crippen molar-refractivity contribution >= 4 is 27.5 Å². The Kier molecular flexibility index (Phi) is 7.86. The molecule has 1 aromatic heterocycles. The molecule has 9 heteroatoms. The second kappa shape index (κ2) is 9.71. The van der Waals surface area contributed by atoms with E-state index in [4.69, 9.17) is 25.8 Å².